The third-order valence-electron chi connectivity index (χ3n) is 5.17. The number of benzene rings is 1. The molecule has 7 nitrogen and oxygen atoms in total. The van der Waals surface area contributed by atoms with E-state index in [0.29, 0.717) is 22.0 Å². The number of rotatable bonds is 10. The number of anilines is 1. The van der Waals surface area contributed by atoms with Crippen LogP contribution in [0.5, 0.6) is 5.75 Å². The van der Waals surface area contributed by atoms with Gasteiger partial charge in [0.05, 0.1) is 25.1 Å². The highest BCUT2D eigenvalue weighted by Gasteiger charge is 2.21. The molecule has 8 heteroatoms. The Hall–Kier alpha value is -2.84. The van der Waals surface area contributed by atoms with Crippen molar-refractivity contribution < 1.29 is 20.1 Å². The van der Waals surface area contributed by atoms with E-state index in [2.05, 4.69) is 16.8 Å². The quantitative estimate of drug-likeness (QED) is 0.221. The molecule has 0 aliphatic carbocycles. The van der Waals surface area contributed by atoms with Crippen molar-refractivity contribution in [3.63, 3.8) is 0 Å². The number of nitrogens with zero attached hydrogens (tertiary/aromatic N) is 2. The molecule has 1 aromatic carbocycles. The van der Waals surface area contributed by atoms with E-state index in [1.165, 1.54) is 17.8 Å². The molecule has 0 atom stereocenters. The van der Waals surface area contributed by atoms with Crippen LogP contribution in [0.4, 0.5) is 5.69 Å². The molecular weight excluding hydrogens is 426 g/mol. The van der Waals surface area contributed by atoms with Gasteiger partial charge in [0.25, 0.3) is 0 Å². The zero-order valence-corrected chi connectivity index (χ0v) is 20.4. The van der Waals surface area contributed by atoms with Crippen molar-refractivity contribution in [3.8, 4) is 16.9 Å². The second-order valence-corrected chi connectivity index (χ2v) is 8.95. The number of thioether (sulfide) groups is 1. The van der Waals surface area contributed by atoms with Crippen LogP contribution < -0.4 is 9.64 Å². The van der Waals surface area contributed by atoms with Crippen LogP contribution in [-0.2, 0) is 0 Å². The average molecular weight is 460 g/mol. The van der Waals surface area contributed by atoms with E-state index in [0.717, 1.165) is 28.1 Å². The number of aromatic amines is 1. The van der Waals surface area contributed by atoms with E-state index in [1.54, 1.807) is 7.11 Å². The molecule has 0 amide bonds. The highest BCUT2D eigenvalue weighted by atomic mass is 32.2. The molecule has 0 aliphatic rings. The monoisotopic (exact) mass is 459 g/mol. The Kier molecular flexibility index (Phi) is 8.86. The average Bonchev–Trinajstić information content (AvgIpc) is 3.19. The van der Waals surface area contributed by atoms with Crippen molar-refractivity contribution in [3.05, 3.63) is 53.6 Å². The molecule has 0 unspecified atom stereocenters. The van der Waals surface area contributed by atoms with E-state index in [-0.39, 0.29) is 24.0 Å². The first-order valence-electron chi connectivity index (χ1n) is 10.3. The lowest BCUT2D eigenvalue weighted by atomic mass is 9.99. The fraction of sp³-hybridized carbons (Fsp3) is 0.375. The standard InChI is InChI=1S/C24H33N3O4S/c1-14(2)15(3)19(29)13-20(30)16(4)23-22(24(26-25-23)32-11-10-28)17-8-9-21(31-7)18(12-17)27(5)6/h8-9,12-14,28-30H,4,10-11H2,1-3,5-7H3,(H,25,26)/b19-15-,20-13+. The summed E-state index contributed by atoms with van der Waals surface area (Å²) >= 11 is 1.40. The molecule has 1 heterocycles. The minimum absolute atomic E-state index is 0.00827. The topological polar surface area (TPSA) is 102 Å². The van der Waals surface area contributed by atoms with Gasteiger partial charge in [-0.3, -0.25) is 5.10 Å². The second kappa shape index (κ2) is 11.2. The Labute approximate surface area is 194 Å². The van der Waals surface area contributed by atoms with E-state index in [9.17, 15) is 15.3 Å². The van der Waals surface area contributed by atoms with Crippen LogP contribution in [0.25, 0.3) is 16.7 Å². The van der Waals surface area contributed by atoms with Gasteiger partial charge >= 0.3 is 0 Å². The first-order valence-corrected chi connectivity index (χ1v) is 11.3. The van der Waals surface area contributed by atoms with E-state index in [1.807, 2.05) is 58.0 Å². The van der Waals surface area contributed by atoms with Gasteiger partial charge in [-0.15, -0.1) is 11.8 Å². The fourth-order valence-electron chi connectivity index (χ4n) is 3.01. The predicted octanol–water partition coefficient (Wildman–Crippen LogP) is 5.18. The Morgan fingerprint density at radius 3 is 2.56 bits per heavy atom. The normalized spacial score (nSPS) is 12.7. The molecule has 0 radical (unpaired) electrons. The summed E-state index contributed by atoms with van der Waals surface area (Å²) in [5, 5.41) is 38.4. The SMILES string of the molecule is C=C(/C(O)=C\C(O)=C(/C)C(C)C)c1[nH]nc(SCCO)c1-c1ccc(OC)c(N(C)C)c1. The maximum atomic E-state index is 10.7. The molecule has 1 aromatic heterocycles. The van der Waals surface area contributed by atoms with Gasteiger partial charge in [-0.1, -0.05) is 26.5 Å². The number of allylic oxidation sites excluding steroid dienone is 3. The van der Waals surface area contributed by atoms with Gasteiger partial charge in [0.2, 0.25) is 0 Å². The summed E-state index contributed by atoms with van der Waals surface area (Å²) in [5.74, 6) is 1.19. The van der Waals surface area contributed by atoms with Crippen LogP contribution in [0, 0.1) is 5.92 Å². The highest BCUT2D eigenvalue weighted by Crippen LogP contribution is 2.40. The van der Waals surface area contributed by atoms with Gasteiger partial charge in [0.1, 0.15) is 22.3 Å². The molecule has 0 saturated carbocycles. The Morgan fingerprint density at radius 1 is 1.31 bits per heavy atom. The van der Waals surface area contributed by atoms with Crippen LogP contribution in [-0.4, -0.2) is 59.1 Å². The third kappa shape index (κ3) is 5.69. The predicted molar refractivity (Wildman–Crippen MR) is 133 cm³/mol. The Bertz CT molecular complexity index is 1020. The number of hydrogen-bond acceptors (Lipinski definition) is 7. The van der Waals surface area contributed by atoms with Crippen LogP contribution in [0.2, 0.25) is 0 Å². The Morgan fingerprint density at radius 2 is 2.00 bits per heavy atom. The van der Waals surface area contributed by atoms with Crippen molar-refractivity contribution in [1.29, 1.82) is 0 Å². The van der Waals surface area contributed by atoms with Crippen molar-refractivity contribution in [2.75, 3.05) is 38.5 Å². The van der Waals surface area contributed by atoms with Crippen molar-refractivity contribution in [2.45, 2.75) is 25.8 Å². The lowest BCUT2D eigenvalue weighted by Crippen LogP contribution is -2.10. The van der Waals surface area contributed by atoms with Gasteiger partial charge < -0.3 is 25.0 Å². The molecule has 0 spiro atoms. The van der Waals surface area contributed by atoms with Crippen LogP contribution in [0.1, 0.15) is 26.5 Å². The number of methoxy groups -OCH3 is 1. The summed E-state index contributed by atoms with van der Waals surface area (Å²) in [4.78, 5) is 1.95. The van der Waals surface area contributed by atoms with Crippen molar-refractivity contribution in [1.82, 2.24) is 10.2 Å². The smallest absolute Gasteiger partial charge is 0.142 e. The van der Waals surface area contributed by atoms with Crippen LogP contribution >= 0.6 is 11.8 Å². The third-order valence-corrected chi connectivity index (χ3v) is 6.12. The lowest BCUT2D eigenvalue weighted by Gasteiger charge is -2.18. The van der Waals surface area contributed by atoms with Gasteiger partial charge in [-0.05, 0) is 36.1 Å². The Balaban J connectivity index is 2.62. The van der Waals surface area contributed by atoms with Gasteiger partial charge in [0.15, 0.2) is 0 Å². The molecule has 0 bridgehead atoms. The number of aromatic nitrogens is 2. The number of ether oxygens (including phenoxy) is 1. The molecular formula is C24H33N3O4S. The molecule has 4 N–H and O–H groups in total. The maximum Gasteiger partial charge on any atom is 0.142 e. The summed E-state index contributed by atoms with van der Waals surface area (Å²) in [5.41, 5.74) is 4.08. The molecule has 2 rings (SSSR count). The lowest BCUT2D eigenvalue weighted by molar-refractivity contribution is 0.322. The van der Waals surface area contributed by atoms with E-state index < -0.39 is 0 Å². The first kappa shape index (κ1) is 25.4. The number of hydrogen-bond donors (Lipinski definition) is 4. The number of H-pyrrole nitrogens is 1. The molecule has 2 aromatic rings. The fourth-order valence-corrected chi connectivity index (χ4v) is 3.77. The highest BCUT2D eigenvalue weighted by molar-refractivity contribution is 7.99. The van der Waals surface area contributed by atoms with Crippen LogP contribution in [0.15, 0.2) is 53.0 Å². The van der Waals surface area contributed by atoms with Gasteiger partial charge in [0, 0.05) is 37.1 Å². The number of aliphatic hydroxyl groups is 3. The minimum Gasteiger partial charge on any atom is -0.508 e. The molecule has 0 saturated heterocycles. The molecule has 0 aliphatic heterocycles. The zero-order valence-electron chi connectivity index (χ0n) is 19.6. The minimum atomic E-state index is -0.160. The van der Waals surface area contributed by atoms with E-state index >= 15 is 0 Å². The van der Waals surface area contributed by atoms with Crippen LogP contribution in [0.3, 0.4) is 0 Å². The summed E-state index contributed by atoms with van der Waals surface area (Å²) in [6.45, 7) is 9.80. The summed E-state index contributed by atoms with van der Waals surface area (Å²) in [6, 6.07) is 5.77. The second-order valence-electron chi connectivity index (χ2n) is 7.86. The zero-order chi connectivity index (χ0) is 24.0. The van der Waals surface area contributed by atoms with E-state index in [4.69, 9.17) is 4.74 Å². The molecule has 32 heavy (non-hydrogen) atoms. The molecule has 0 fully saturated rings. The summed E-state index contributed by atoms with van der Waals surface area (Å²) in [6.07, 6.45) is 1.31. The van der Waals surface area contributed by atoms with Gasteiger partial charge in [-0.2, -0.15) is 5.10 Å². The van der Waals surface area contributed by atoms with Crippen molar-refractivity contribution >= 4 is 23.0 Å². The summed E-state index contributed by atoms with van der Waals surface area (Å²) in [7, 11) is 5.48. The summed E-state index contributed by atoms with van der Waals surface area (Å²) < 4.78 is 5.47. The van der Waals surface area contributed by atoms with Crippen molar-refractivity contribution in [2.24, 2.45) is 5.92 Å². The number of nitrogens with one attached hydrogen (secondary N) is 1. The van der Waals surface area contributed by atoms with Gasteiger partial charge in [-0.25, -0.2) is 0 Å². The molecule has 174 valence electrons. The number of aliphatic hydroxyl groups excluding tert-OH is 3. The largest absolute Gasteiger partial charge is 0.508 e. The first-order chi connectivity index (χ1) is 15.1. The maximum absolute atomic E-state index is 10.7.